The Bertz CT molecular complexity index is 1890. The van der Waals surface area contributed by atoms with E-state index in [0.29, 0.717) is 45.2 Å². The van der Waals surface area contributed by atoms with E-state index in [4.69, 9.17) is 19.7 Å². The summed E-state index contributed by atoms with van der Waals surface area (Å²) >= 11 is 3.67. The lowest BCUT2D eigenvalue weighted by molar-refractivity contribution is -0.123. The lowest BCUT2D eigenvalue weighted by Crippen LogP contribution is -2.53. The predicted molar refractivity (Wildman–Crippen MR) is 187 cm³/mol. The summed E-state index contributed by atoms with van der Waals surface area (Å²) in [6, 6.07) is 36.4. The van der Waals surface area contributed by atoms with Gasteiger partial charge in [0.05, 0.1) is 68.8 Å². The lowest BCUT2D eigenvalue weighted by Gasteiger charge is -2.38. The number of benzene rings is 4. The highest BCUT2D eigenvalue weighted by Crippen LogP contribution is 2.57. The van der Waals surface area contributed by atoms with E-state index in [9.17, 15) is 0 Å². The van der Waals surface area contributed by atoms with E-state index >= 15 is 4.79 Å². The molecule has 4 aromatic carbocycles. The van der Waals surface area contributed by atoms with E-state index in [2.05, 4.69) is 56.6 Å². The van der Waals surface area contributed by atoms with Gasteiger partial charge in [-0.1, -0.05) is 106 Å². The topological polar surface area (TPSA) is 105 Å². The first-order valence-corrected chi connectivity index (χ1v) is 16.7. The number of aliphatic hydroxyl groups excluding tert-OH is 1. The van der Waals surface area contributed by atoms with Crippen molar-refractivity contribution in [2.45, 2.75) is 24.6 Å². The molecular weight excluding hydrogens is 672 g/mol. The molecule has 1 aromatic heterocycles. The van der Waals surface area contributed by atoms with E-state index in [1.807, 2.05) is 88.8 Å². The molecule has 2 unspecified atom stereocenters. The van der Waals surface area contributed by atoms with Crippen LogP contribution in [-0.4, -0.2) is 64.7 Å². The normalized spacial score (nSPS) is 18.5. The zero-order valence-electron chi connectivity index (χ0n) is 26.2. The maximum Gasteiger partial charge on any atom is 0.260 e. The quantitative estimate of drug-likeness (QED) is 0.161. The van der Waals surface area contributed by atoms with Crippen molar-refractivity contribution in [3.8, 4) is 0 Å². The van der Waals surface area contributed by atoms with E-state index in [0.717, 1.165) is 38.2 Å². The van der Waals surface area contributed by atoms with Crippen molar-refractivity contribution in [1.82, 2.24) is 15.0 Å². The van der Waals surface area contributed by atoms with Gasteiger partial charge in [-0.2, -0.15) is 5.10 Å². The molecule has 10 nitrogen and oxygen atoms in total. The van der Waals surface area contributed by atoms with Crippen LogP contribution in [0.2, 0.25) is 0 Å². The van der Waals surface area contributed by atoms with Crippen molar-refractivity contribution in [3.05, 3.63) is 142 Å². The molecule has 7 rings (SSSR count). The highest BCUT2D eigenvalue weighted by molar-refractivity contribution is 9.10. The second-order valence-electron chi connectivity index (χ2n) is 11.6. The number of ether oxygens (including phenoxy) is 2. The van der Waals surface area contributed by atoms with Gasteiger partial charge in [0.2, 0.25) is 0 Å². The SMILES string of the molecule is O=C1N(CCOCCOCCn2cc(CO)nn2)c2cc(Br)ccc2C12C(c1ccccc1)C(c1ccccc1)=NN2c1ccccc1. The molecule has 2 aliphatic rings. The largest absolute Gasteiger partial charge is 0.390 e. The van der Waals surface area contributed by atoms with Crippen LogP contribution in [0.1, 0.15) is 28.3 Å². The molecule has 0 bridgehead atoms. The molecule has 0 radical (unpaired) electrons. The third kappa shape index (κ3) is 5.94. The number of aliphatic hydroxyl groups is 1. The number of carbonyl (C=O) groups excluding carboxylic acids is 1. The lowest BCUT2D eigenvalue weighted by atomic mass is 9.72. The summed E-state index contributed by atoms with van der Waals surface area (Å²) in [5.74, 6) is -0.454. The average Bonchev–Trinajstić information content (AvgIpc) is 3.81. The van der Waals surface area contributed by atoms with Crippen molar-refractivity contribution in [2.24, 2.45) is 5.10 Å². The summed E-state index contributed by atoms with van der Waals surface area (Å²) < 4.78 is 14.2. The van der Waals surface area contributed by atoms with Crippen LogP contribution >= 0.6 is 15.9 Å². The van der Waals surface area contributed by atoms with Gasteiger partial charge in [0.25, 0.3) is 5.91 Å². The smallest absolute Gasteiger partial charge is 0.260 e. The first-order chi connectivity index (χ1) is 23.6. The van der Waals surface area contributed by atoms with Crippen molar-refractivity contribution >= 4 is 38.9 Å². The van der Waals surface area contributed by atoms with Crippen molar-refractivity contribution in [3.63, 3.8) is 0 Å². The van der Waals surface area contributed by atoms with Gasteiger partial charge >= 0.3 is 0 Å². The average molecular weight is 708 g/mol. The second-order valence-corrected chi connectivity index (χ2v) is 12.5. The van der Waals surface area contributed by atoms with Gasteiger partial charge in [0.1, 0.15) is 5.69 Å². The molecule has 0 aliphatic carbocycles. The van der Waals surface area contributed by atoms with Crippen LogP contribution in [0.5, 0.6) is 0 Å². The highest BCUT2D eigenvalue weighted by Gasteiger charge is 2.64. The number of halogens is 1. The minimum Gasteiger partial charge on any atom is -0.390 e. The van der Waals surface area contributed by atoms with Crippen molar-refractivity contribution < 1.29 is 19.4 Å². The Balaban J connectivity index is 1.17. The minimum atomic E-state index is -1.18. The Morgan fingerprint density at radius 2 is 1.48 bits per heavy atom. The monoisotopic (exact) mass is 706 g/mol. The first-order valence-electron chi connectivity index (χ1n) is 15.9. The Kier molecular flexibility index (Phi) is 9.44. The van der Waals surface area contributed by atoms with Gasteiger partial charge in [-0.3, -0.25) is 4.79 Å². The standard InChI is InChI=1S/C37H35BrN6O4/c38-29-16-17-32-33(24-29)43(19-21-48-23-22-47-20-18-42-25-30(26-45)39-41-42)36(46)37(32)34(27-10-4-1-5-11-27)35(28-12-6-2-7-13-28)40-44(37)31-14-8-3-9-15-31/h1-17,24-25,34,45H,18-23,26H2. The maximum atomic E-state index is 15.3. The summed E-state index contributed by atoms with van der Waals surface area (Å²) in [6.07, 6.45) is 1.69. The molecule has 48 heavy (non-hydrogen) atoms. The molecule has 5 aromatic rings. The number of hydrogen-bond acceptors (Lipinski definition) is 8. The fraction of sp³-hybridized carbons (Fsp3) is 0.243. The zero-order valence-corrected chi connectivity index (χ0v) is 27.8. The Labute approximate surface area is 287 Å². The summed E-state index contributed by atoms with van der Waals surface area (Å²) in [5.41, 5.74) is 4.71. The second kappa shape index (κ2) is 14.2. The maximum absolute atomic E-state index is 15.3. The number of fused-ring (bicyclic) bond motifs is 2. The molecule has 1 amide bonds. The van der Waals surface area contributed by atoms with E-state index in [1.54, 1.807) is 10.9 Å². The van der Waals surface area contributed by atoms with Crippen molar-refractivity contribution in [2.75, 3.05) is 42.9 Å². The van der Waals surface area contributed by atoms with Gasteiger partial charge in [0.15, 0.2) is 5.54 Å². The number of aromatic nitrogens is 3. The molecule has 0 saturated carbocycles. The third-order valence-electron chi connectivity index (χ3n) is 8.71. The van der Waals surface area contributed by atoms with Gasteiger partial charge in [0, 0.05) is 16.6 Å². The summed E-state index contributed by atoms with van der Waals surface area (Å²) in [4.78, 5) is 17.1. The number of nitrogens with zero attached hydrogens (tertiary/aromatic N) is 6. The fourth-order valence-corrected chi connectivity index (χ4v) is 6.96. The molecule has 3 heterocycles. The number of amides is 1. The number of carbonyl (C=O) groups is 1. The van der Waals surface area contributed by atoms with Gasteiger partial charge in [-0.25, -0.2) is 9.69 Å². The molecule has 11 heteroatoms. The van der Waals surface area contributed by atoms with E-state index in [1.165, 1.54) is 0 Å². The summed E-state index contributed by atoms with van der Waals surface area (Å²) in [5, 5.41) is 24.2. The molecule has 1 spiro atoms. The molecule has 2 atom stereocenters. The summed E-state index contributed by atoms with van der Waals surface area (Å²) in [7, 11) is 0. The number of anilines is 2. The van der Waals surface area contributed by atoms with Crippen LogP contribution < -0.4 is 9.91 Å². The Morgan fingerprint density at radius 1 is 0.812 bits per heavy atom. The first kappa shape index (κ1) is 31.9. The van der Waals surface area contributed by atoms with Crippen LogP contribution in [0, 0.1) is 0 Å². The molecule has 2 aliphatic heterocycles. The zero-order chi connectivity index (χ0) is 32.9. The summed E-state index contributed by atoms with van der Waals surface area (Å²) in [6.45, 7) is 2.28. The predicted octanol–water partition coefficient (Wildman–Crippen LogP) is 5.52. The molecule has 1 N–H and O–H groups in total. The van der Waals surface area contributed by atoms with E-state index < -0.39 is 11.5 Å². The number of hydrazone groups is 1. The molecule has 0 fully saturated rings. The van der Waals surface area contributed by atoms with Crippen LogP contribution in [0.3, 0.4) is 0 Å². The minimum absolute atomic E-state index is 0.0575. The van der Waals surface area contributed by atoms with Gasteiger partial charge < -0.3 is 19.5 Å². The van der Waals surface area contributed by atoms with Crippen LogP contribution in [0.4, 0.5) is 11.4 Å². The number of para-hydroxylation sites is 1. The van der Waals surface area contributed by atoms with Gasteiger partial charge in [-0.15, -0.1) is 5.10 Å². The van der Waals surface area contributed by atoms with Crippen molar-refractivity contribution in [1.29, 1.82) is 0 Å². The third-order valence-corrected chi connectivity index (χ3v) is 9.21. The van der Waals surface area contributed by atoms with E-state index in [-0.39, 0.29) is 12.5 Å². The Hall–Kier alpha value is -4.68. The molecular formula is C37H35BrN6O4. The molecule has 0 saturated heterocycles. The highest BCUT2D eigenvalue weighted by atomic mass is 79.9. The van der Waals surface area contributed by atoms with Gasteiger partial charge in [-0.05, 0) is 35.4 Å². The number of rotatable bonds is 13. The van der Waals surface area contributed by atoms with Crippen LogP contribution in [0.15, 0.2) is 125 Å². The molecule has 244 valence electrons. The Morgan fingerprint density at radius 3 is 2.17 bits per heavy atom. The van der Waals surface area contributed by atoms with Crippen LogP contribution in [-0.2, 0) is 33.0 Å². The number of hydrogen-bond donors (Lipinski definition) is 1. The fourth-order valence-electron chi connectivity index (χ4n) is 6.62. The van der Waals surface area contributed by atoms with Crippen LogP contribution in [0.25, 0.3) is 0 Å².